The maximum absolute atomic E-state index is 13.1. The number of ether oxygens (including phenoxy) is 1. The number of aromatic amines is 1. The van der Waals surface area contributed by atoms with Gasteiger partial charge in [0.2, 0.25) is 0 Å². The summed E-state index contributed by atoms with van der Waals surface area (Å²) in [4.78, 5) is 21.0. The number of benzene rings is 2. The van der Waals surface area contributed by atoms with Crippen molar-refractivity contribution in [2.24, 2.45) is 0 Å². The molecule has 0 bridgehead atoms. The molecule has 37 heavy (non-hydrogen) atoms. The minimum atomic E-state index is -4.63. The molecule has 0 spiro atoms. The van der Waals surface area contributed by atoms with E-state index in [2.05, 4.69) is 20.0 Å². The highest BCUT2D eigenvalue weighted by atomic mass is 19.4. The topological polar surface area (TPSA) is 96.3 Å². The average Bonchev–Trinajstić information content (AvgIpc) is 3.56. The number of halogens is 3. The van der Waals surface area contributed by atoms with Crippen molar-refractivity contribution in [2.75, 3.05) is 13.7 Å². The van der Waals surface area contributed by atoms with E-state index in [1.165, 1.54) is 4.68 Å². The van der Waals surface area contributed by atoms with E-state index in [1.807, 2.05) is 25.3 Å². The van der Waals surface area contributed by atoms with Crippen LogP contribution in [0.1, 0.15) is 57.8 Å². The van der Waals surface area contributed by atoms with E-state index >= 15 is 0 Å². The Bertz CT molecular complexity index is 1450. The van der Waals surface area contributed by atoms with Crippen LogP contribution in [0.25, 0.3) is 10.9 Å². The molecule has 2 aromatic carbocycles. The van der Waals surface area contributed by atoms with E-state index < -0.39 is 18.0 Å². The standard InChI is InChI=1S/C26H26F3N5O3/c1-15-11-22(37-2)20(18-7-9-30-23(15)18)13-33-10-8-16(34-14-31-25(32-34)26(27,28)29)12-21(33)17-5-3-4-6-19(17)24(35)36/h3-7,9,11,14,16,21,30H,8,10,12-13H2,1-2H3,(H,35,36)/t16-,21-/m1/s1. The molecule has 0 saturated carbocycles. The molecular weight excluding hydrogens is 487 g/mol. The summed E-state index contributed by atoms with van der Waals surface area (Å²) in [5.74, 6) is -1.52. The van der Waals surface area contributed by atoms with Crippen molar-refractivity contribution in [3.8, 4) is 5.75 Å². The van der Waals surface area contributed by atoms with E-state index in [4.69, 9.17) is 4.74 Å². The first-order valence-electron chi connectivity index (χ1n) is 11.9. The fourth-order valence-corrected chi connectivity index (χ4v) is 5.30. The van der Waals surface area contributed by atoms with Gasteiger partial charge in [-0.25, -0.2) is 14.5 Å². The Balaban J connectivity index is 1.54. The van der Waals surface area contributed by atoms with Crippen molar-refractivity contribution in [3.05, 3.63) is 77.0 Å². The van der Waals surface area contributed by atoms with Crippen molar-refractivity contribution in [1.82, 2.24) is 24.6 Å². The number of nitrogens with zero attached hydrogens (tertiary/aromatic N) is 4. The van der Waals surface area contributed by atoms with Crippen molar-refractivity contribution in [2.45, 2.75) is 44.6 Å². The highest BCUT2D eigenvalue weighted by molar-refractivity contribution is 5.90. The van der Waals surface area contributed by atoms with Gasteiger partial charge in [0.25, 0.3) is 5.82 Å². The maximum atomic E-state index is 13.1. The minimum Gasteiger partial charge on any atom is -0.496 e. The molecule has 4 aromatic rings. The van der Waals surface area contributed by atoms with Gasteiger partial charge in [-0.2, -0.15) is 13.2 Å². The lowest BCUT2D eigenvalue weighted by molar-refractivity contribution is -0.145. The van der Waals surface area contributed by atoms with Crippen molar-refractivity contribution in [3.63, 3.8) is 0 Å². The number of aryl methyl sites for hydroxylation is 1. The second kappa shape index (κ2) is 9.55. The fourth-order valence-electron chi connectivity index (χ4n) is 5.30. The summed E-state index contributed by atoms with van der Waals surface area (Å²) in [6.45, 7) is 2.97. The molecule has 2 N–H and O–H groups in total. The second-order valence-electron chi connectivity index (χ2n) is 9.24. The summed E-state index contributed by atoms with van der Waals surface area (Å²) < 4.78 is 46.4. The number of aromatic nitrogens is 4. The number of fused-ring (bicyclic) bond motifs is 1. The van der Waals surface area contributed by atoms with Crippen molar-refractivity contribution >= 4 is 16.9 Å². The van der Waals surface area contributed by atoms with Crippen LogP contribution in [0.5, 0.6) is 5.75 Å². The molecule has 0 unspecified atom stereocenters. The maximum Gasteiger partial charge on any atom is 0.453 e. The van der Waals surface area contributed by atoms with Crippen LogP contribution in [-0.4, -0.2) is 49.4 Å². The summed E-state index contributed by atoms with van der Waals surface area (Å²) in [6, 6.07) is 9.95. The summed E-state index contributed by atoms with van der Waals surface area (Å²) in [6.07, 6.45) is -0.764. The smallest absolute Gasteiger partial charge is 0.453 e. The number of methoxy groups -OCH3 is 1. The van der Waals surface area contributed by atoms with Crippen LogP contribution in [0.4, 0.5) is 13.2 Å². The molecule has 1 fully saturated rings. The van der Waals surface area contributed by atoms with Gasteiger partial charge in [-0.3, -0.25) is 4.90 Å². The molecule has 2 aromatic heterocycles. The average molecular weight is 514 g/mol. The summed E-state index contributed by atoms with van der Waals surface area (Å²) >= 11 is 0. The predicted molar refractivity (Wildman–Crippen MR) is 129 cm³/mol. The van der Waals surface area contributed by atoms with Gasteiger partial charge in [-0.05, 0) is 49.1 Å². The highest BCUT2D eigenvalue weighted by Gasteiger charge is 2.38. The number of nitrogens with one attached hydrogen (secondary N) is 1. The number of likely N-dealkylation sites (tertiary alicyclic amines) is 1. The zero-order valence-electron chi connectivity index (χ0n) is 20.3. The fraction of sp³-hybridized carbons (Fsp3) is 0.346. The molecule has 0 aliphatic carbocycles. The quantitative estimate of drug-likeness (QED) is 0.360. The van der Waals surface area contributed by atoms with Gasteiger partial charge in [0.15, 0.2) is 0 Å². The third-order valence-corrected chi connectivity index (χ3v) is 7.06. The number of aromatic carboxylic acids is 1. The first kappa shape index (κ1) is 24.8. The lowest BCUT2D eigenvalue weighted by Crippen LogP contribution is -2.38. The zero-order valence-corrected chi connectivity index (χ0v) is 20.3. The second-order valence-corrected chi connectivity index (χ2v) is 9.24. The molecule has 0 radical (unpaired) electrons. The van der Waals surface area contributed by atoms with E-state index in [0.29, 0.717) is 31.5 Å². The summed E-state index contributed by atoms with van der Waals surface area (Å²) in [5.41, 5.74) is 3.76. The first-order chi connectivity index (χ1) is 17.7. The van der Waals surface area contributed by atoms with Crippen LogP contribution in [0, 0.1) is 6.92 Å². The third-order valence-electron chi connectivity index (χ3n) is 7.06. The number of piperidine rings is 1. The Labute approximate surface area is 210 Å². The van der Waals surface area contributed by atoms with Gasteiger partial charge in [0.05, 0.1) is 18.7 Å². The molecule has 0 amide bonds. The molecule has 1 saturated heterocycles. The number of hydrogen-bond donors (Lipinski definition) is 2. The molecule has 2 atom stereocenters. The SMILES string of the molecule is COc1cc(C)c2[nH]ccc2c1CN1CC[C@@H](n2cnc(C(F)(F)F)n2)C[C@@H]1c1ccccc1C(=O)O. The lowest BCUT2D eigenvalue weighted by Gasteiger charge is -2.40. The van der Waals surface area contributed by atoms with Crippen LogP contribution < -0.4 is 4.74 Å². The molecule has 1 aliphatic rings. The Morgan fingerprint density at radius 3 is 2.76 bits per heavy atom. The van der Waals surface area contributed by atoms with Crippen LogP contribution in [0.2, 0.25) is 0 Å². The molecule has 1 aliphatic heterocycles. The Morgan fingerprint density at radius 1 is 1.27 bits per heavy atom. The van der Waals surface area contributed by atoms with Gasteiger partial charge >= 0.3 is 12.1 Å². The number of hydrogen-bond acceptors (Lipinski definition) is 5. The van der Waals surface area contributed by atoms with Crippen molar-refractivity contribution in [1.29, 1.82) is 0 Å². The van der Waals surface area contributed by atoms with Crippen molar-refractivity contribution < 1.29 is 27.8 Å². The van der Waals surface area contributed by atoms with Crippen LogP contribution >= 0.6 is 0 Å². The van der Waals surface area contributed by atoms with E-state index in [-0.39, 0.29) is 17.6 Å². The Morgan fingerprint density at radius 2 is 2.05 bits per heavy atom. The van der Waals surface area contributed by atoms with Gasteiger partial charge < -0.3 is 14.8 Å². The number of carbonyl (C=O) groups is 1. The van der Waals surface area contributed by atoms with Gasteiger partial charge in [-0.15, -0.1) is 5.10 Å². The lowest BCUT2D eigenvalue weighted by atomic mass is 9.88. The Kier molecular flexibility index (Phi) is 6.40. The highest BCUT2D eigenvalue weighted by Crippen LogP contribution is 2.41. The van der Waals surface area contributed by atoms with Gasteiger partial charge in [0, 0.05) is 41.8 Å². The molecule has 8 nitrogen and oxygen atoms in total. The molecule has 3 heterocycles. The van der Waals surface area contributed by atoms with Crippen LogP contribution in [0.15, 0.2) is 48.9 Å². The number of carboxylic acid groups (broad SMARTS) is 1. The normalized spacial score (nSPS) is 18.8. The van der Waals surface area contributed by atoms with E-state index in [0.717, 1.165) is 34.1 Å². The number of H-pyrrole nitrogens is 1. The van der Waals surface area contributed by atoms with E-state index in [1.54, 1.807) is 31.4 Å². The molecule has 5 rings (SSSR count). The molecular formula is C26H26F3N5O3. The number of alkyl halides is 3. The number of carboxylic acids is 1. The molecule has 11 heteroatoms. The monoisotopic (exact) mass is 513 g/mol. The number of rotatable bonds is 6. The third kappa shape index (κ3) is 4.66. The molecule has 194 valence electrons. The van der Waals surface area contributed by atoms with Crippen LogP contribution in [0.3, 0.4) is 0 Å². The summed E-state index contributed by atoms with van der Waals surface area (Å²) in [7, 11) is 1.61. The minimum absolute atomic E-state index is 0.162. The first-order valence-corrected chi connectivity index (χ1v) is 11.9. The Hall–Kier alpha value is -3.86. The largest absolute Gasteiger partial charge is 0.496 e. The zero-order chi connectivity index (χ0) is 26.3. The summed E-state index contributed by atoms with van der Waals surface area (Å²) in [5, 5.41) is 14.6. The predicted octanol–water partition coefficient (Wildman–Crippen LogP) is 5.37. The van der Waals surface area contributed by atoms with E-state index in [9.17, 15) is 23.1 Å². The van der Waals surface area contributed by atoms with Gasteiger partial charge in [-0.1, -0.05) is 18.2 Å². The van der Waals surface area contributed by atoms with Gasteiger partial charge in [0.1, 0.15) is 12.1 Å². The van der Waals surface area contributed by atoms with Crippen LogP contribution in [-0.2, 0) is 12.7 Å².